The molecule has 5 heterocycles. The predicted molar refractivity (Wildman–Crippen MR) is 99.6 cm³/mol. The first-order valence-electron chi connectivity index (χ1n) is 9.32. The van der Waals surface area contributed by atoms with Crippen molar-refractivity contribution in [3.8, 4) is 11.4 Å². The normalized spacial score (nSPS) is 21.7. The van der Waals surface area contributed by atoms with Gasteiger partial charge in [0, 0.05) is 12.3 Å². The molecule has 3 aromatic heterocycles. The van der Waals surface area contributed by atoms with Gasteiger partial charge in [0.1, 0.15) is 30.2 Å². The molecule has 11 heteroatoms. The molecule has 2 aliphatic rings. The van der Waals surface area contributed by atoms with Crippen molar-refractivity contribution in [1.82, 2.24) is 25.1 Å². The molecule has 2 atom stereocenters. The van der Waals surface area contributed by atoms with Gasteiger partial charge in [0.25, 0.3) is 0 Å². The number of H-pyrrole nitrogens is 1. The minimum atomic E-state index is -4.36. The molecule has 2 bridgehead atoms. The van der Waals surface area contributed by atoms with Crippen LogP contribution in [-0.4, -0.2) is 63.2 Å². The number of hydrogen-bond donors (Lipinski definition) is 2. The lowest BCUT2D eigenvalue weighted by atomic mass is 10.1. The van der Waals surface area contributed by atoms with Gasteiger partial charge >= 0.3 is 6.18 Å². The number of alkyl halides is 3. The molecule has 5 rings (SSSR count). The van der Waals surface area contributed by atoms with Crippen LogP contribution in [0.1, 0.15) is 12.8 Å². The van der Waals surface area contributed by atoms with Crippen molar-refractivity contribution in [2.75, 3.05) is 30.0 Å². The highest BCUT2D eigenvalue weighted by Crippen LogP contribution is 2.35. The van der Waals surface area contributed by atoms with Gasteiger partial charge in [-0.05, 0) is 18.9 Å². The summed E-state index contributed by atoms with van der Waals surface area (Å²) in [7, 11) is 0. The van der Waals surface area contributed by atoms with Crippen LogP contribution in [0, 0.1) is 0 Å². The van der Waals surface area contributed by atoms with Crippen molar-refractivity contribution in [2.45, 2.75) is 31.1 Å². The van der Waals surface area contributed by atoms with E-state index in [4.69, 9.17) is 4.74 Å². The van der Waals surface area contributed by atoms with Crippen LogP contribution in [0.5, 0.6) is 0 Å². The van der Waals surface area contributed by atoms with Gasteiger partial charge in [0.2, 0.25) is 0 Å². The van der Waals surface area contributed by atoms with Crippen LogP contribution >= 0.6 is 0 Å². The third kappa shape index (κ3) is 3.35. The lowest BCUT2D eigenvalue weighted by Gasteiger charge is -2.35. The first kappa shape index (κ1) is 18.1. The Morgan fingerprint density at radius 2 is 1.97 bits per heavy atom. The number of aromatic amines is 1. The zero-order valence-corrected chi connectivity index (χ0v) is 15.3. The van der Waals surface area contributed by atoms with E-state index in [1.165, 1.54) is 12.5 Å². The number of nitrogens with one attached hydrogen (secondary N) is 2. The molecule has 2 fully saturated rings. The first-order chi connectivity index (χ1) is 14.0. The molecular formula is C18H18F3N7O. The number of halogens is 3. The molecule has 8 nitrogen and oxygen atoms in total. The number of nitrogens with zero attached hydrogens (tertiary/aromatic N) is 5. The molecule has 0 saturated carbocycles. The Kier molecular flexibility index (Phi) is 4.26. The summed E-state index contributed by atoms with van der Waals surface area (Å²) >= 11 is 0. The summed E-state index contributed by atoms with van der Waals surface area (Å²) in [6, 6.07) is 4.04. The Morgan fingerprint density at radius 3 is 2.72 bits per heavy atom. The van der Waals surface area contributed by atoms with Crippen LogP contribution < -0.4 is 10.2 Å². The summed E-state index contributed by atoms with van der Waals surface area (Å²) in [5.41, 5.74) is 1.53. The molecular weight excluding hydrogens is 387 g/mol. The minimum absolute atomic E-state index is 0.107. The maximum Gasteiger partial charge on any atom is 0.405 e. The SMILES string of the molecule is FC(F)(F)CNc1nccc2[nH]nc(-c3cc(N4C5CCC4COC5)ncn3)c12. The van der Waals surface area contributed by atoms with Gasteiger partial charge in [-0.1, -0.05) is 0 Å². The molecule has 152 valence electrons. The smallest absolute Gasteiger partial charge is 0.377 e. The van der Waals surface area contributed by atoms with Crippen molar-refractivity contribution >= 4 is 22.5 Å². The highest BCUT2D eigenvalue weighted by Gasteiger charge is 2.38. The quantitative estimate of drug-likeness (QED) is 0.690. The summed E-state index contributed by atoms with van der Waals surface area (Å²) in [4.78, 5) is 15.1. The number of aromatic nitrogens is 5. The molecule has 29 heavy (non-hydrogen) atoms. The zero-order valence-electron chi connectivity index (χ0n) is 15.3. The van der Waals surface area contributed by atoms with E-state index in [0.29, 0.717) is 35.5 Å². The van der Waals surface area contributed by atoms with E-state index < -0.39 is 12.7 Å². The van der Waals surface area contributed by atoms with E-state index in [-0.39, 0.29) is 17.9 Å². The Bertz CT molecular complexity index is 1020. The number of ether oxygens (including phenoxy) is 1. The van der Waals surface area contributed by atoms with Crippen LogP contribution in [0.3, 0.4) is 0 Å². The van der Waals surface area contributed by atoms with Gasteiger partial charge in [-0.25, -0.2) is 15.0 Å². The van der Waals surface area contributed by atoms with Gasteiger partial charge in [0.15, 0.2) is 0 Å². The number of hydrogen-bond acceptors (Lipinski definition) is 7. The Hall–Kier alpha value is -2.95. The summed E-state index contributed by atoms with van der Waals surface area (Å²) in [5, 5.41) is 9.96. The highest BCUT2D eigenvalue weighted by atomic mass is 19.4. The maximum absolute atomic E-state index is 12.7. The zero-order chi connectivity index (χ0) is 20.0. The molecule has 2 unspecified atom stereocenters. The lowest BCUT2D eigenvalue weighted by molar-refractivity contribution is -0.115. The highest BCUT2D eigenvalue weighted by molar-refractivity contribution is 5.99. The second-order valence-electron chi connectivity index (χ2n) is 7.21. The van der Waals surface area contributed by atoms with Crippen LogP contribution in [0.15, 0.2) is 24.7 Å². The Morgan fingerprint density at radius 1 is 1.17 bits per heavy atom. The molecule has 0 aliphatic carbocycles. The molecule has 0 radical (unpaired) electrons. The average Bonchev–Trinajstić information content (AvgIpc) is 3.24. The molecule has 2 N–H and O–H groups in total. The van der Waals surface area contributed by atoms with Crippen molar-refractivity contribution < 1.29 is 17.9 Å². The second-order valence-corrected chi connectivity index (χ2v) is 7.21. The fraction of sp³-hybridized carbons (Fsp3) is 0.444. The van der Waals surface area contributed by atoms with Crippen LogP contribution in [-0.2, 0) is 4.74 Å². The Labute approximate surface area is 163 Å². The molecule has 0 aromatic carbocycles. The monoisotopic (exact) mass is 405 g/mol. The summed E-state index contributed by atoms with van der Waals surface area (Å²) < 4.78 is 43.7. The number of anilines is 2. The summed E-state index contributed by atoms with van der Waals surface area (Å²) in [6.45, 7) is 0.142. The average molecular weight is 405 g/mol. The minimum Gasteiger partial charge on any atom is -0.377 e. The van der Waals surface area contributed by atoms with Crippen LogP contribution in [0.25, 0.3) is 22.3 Å². The summed E-state index contributed by atoms with van der Waals surface area (Å²) in [6.07, 6.45) is 0.625. The van der Waals surface area contributed by atoms with E-state index in [9.17, 15) is 13.2 Å². The second kappa shape index (κ2) is 6.83. The van der Waals surface area contributed by atoms with Crippen molar-refractivity contribution in [3.63, 3.8) is 0 Å². The van der Waals surface area contributed by atoms with Gasteiger partial charge < -0.3 is 15.0 Å². The lowest BCUT2D eigenvalue weighted by Crippen LogP contribution is -2.46. The van der Waals surface area contributed by atoms with Gasteiger partial charge in [-0.15, -0.1) is 0 Å². The van der Waals surface area contributed by atoms with E-state index in [1.54, 1.807) is 6.07 Å². The van der Waals surface area contributed by atoms with Crippen molar-refractivity contribution in [1.29, 1.82) is 0 Å². The van der Waals surface area contributed by atoms with E-state index >= 15 is 0 Å². The maximum atomic E-state index is 12.7. The number of rotatable bonds is 4. The number of morpholine rings is 1. The third-order valence-electron chi connectivity index (χ3n) is 5.33. The van der Waals surface area contributed by atoms with Gasteiger partial charge in [-0.2, -0.15) is 18.3 Å². The fourth-order valence-electron chi connectivity index (χ4n) is 4.09. The topological polar surface area (TPSA) is 91.9 Å². The summed E-state index contributed by atoms with van der Waals surface area (Å²) in [5.74, 6) is 0.880. The Balaban J connectivity index is 1.53. The molecule has 0 spiro atoms. The molecule has 2 saturated heterocycles. The van der Waals surface area contributed by atoms with E-state index in [1.807, 2.05) is 6.07 Å². The molecule has 0 amide bonds. The number of fused-ring (bicyclic) bond motifs is 3. The van der Waals surface area contributed by atoms with Crippen LogP contribution in [0.2, 0.25) is 0 Å². The first-order valence-corrected chi connectivity index (χ1v) is 9.32. The number of pyridine rings is 1. The van der Waals surface area contributed by atoms with E-state index in [2.05, 4.69) is 35.4 Å². The predicted octanol–water partition coefficient (Wildman–Crippen LogP) is 2.76. The third-order valence-corrected chi connectivity index (χ3v) is 5.33. The molecule has 2 aliphatic heterocycles. The fourth-order valence-corrected chi connectivity index (χ4v) is 4.09. The van der Waals surface area contributed by atoms with Gasteiger partial charge in [0.05, 0.1) is 41.9 Å². The van der Waals surface area contributed by atoms with E-state index in [0.717, 1.165) is 18.7 Å². The molecule has 3 aromatic rings. The largest absolute Gasteiger partial charge is 0.405 e. The van der Waals surface area contributed by atoms with Crippen molar-refractivity contribution in [2.24, 2.45) is 0 Å². The van der Waals surface area contributed by atoms with Crippen molar-refractivity contribution in [3.05, 3.63) is 24.7 Å². The standard InChI is InChI=1S/C18H18F3N7O/c19-18(20,21)8-23-17-15-12(3-4-22-17)26-27-16(15)13-5-14(25-9-24-13)28-10-1-2-11(28)7-29-6-10/h3-5,9-11H,1-2,6-8H2,(H,22,23)(H,26,27). The van der Waals surface area contributed by atoms with Gasteiger partial charge in [-0.3, -0.25) is 5.10 Å². The van der Waals surface area contributed by atoms with Crippen LogP contribution in [0.4, 0.5) is 24.8 Å².